The summed E-state index contributed by atoms with van der Waals surface area (Å²) in [4.78, 5) is 18.1. The summed E-state index contributed by atoms with van der Waals surface area (Å²) in [7, 11) is 0. The molecule has 26 heavy (non-hydrogen) atoms. The van der Waals surface area contributed by atoms with E-state index in [0.717, 1.165) is 39.1 Å². The van der Waals surface area contributed by atoms with Crippen LogP contribution in [0.3, 0.4) is 0 Å². The van der Waals surface area contributed by atoms with Crippen molar-refractivity contribution >= 4 is 11.5 Å². The lowest BCUT2D eigenvalue weighted by Crippen LogP contribution is -2.51. The fourth-order valence-electron chi connectivity index (χ4n) is 4.60. The van der Waals surface area contributed by atoms with E-state index in [0.29, 0.717) is 5.78 Å². The minimum absolute atomic E-state index is 0.114. The van der Waals surface area contributed by atoms with E-state index in [-0.39, 0.29) is 11.3 Å². The van der Waals surface area contributed by atoms with Gasteiger partial charge in [0, 0.05) is 49.7 Å². The highest BCUT2D eigenvalue weighted by atomic mass is 16.1. The largest absolute Gasteiger partial charge is 0.369 e. The first kappa shape index (κ1) is 17.3. The van der Waals surface area contributed by atoms with Gasteiger partial charge in [-0.05, 0) is 43.5 Å². The molecule has 0 radical (unpaired) electrons. The van der Waals surface area contributed by atoms with Crippen LogP contribution in [0.4, 0.5) is 5.69 Å². The molecule has 2 aliphatic rings. The second kappa shape index (κ2) is 6.88. The molecule has 1 fully saturated rings. The number of fused-ring (bicyclic) bond motifs is 1. The summed E-state index contributed by atoms with van der Waals surface area (Å²) in [5.74, 6) is 0.518. The Morgan fingerprint density at radius 2 is 1.58 bits per heavy atom. The van der Waals surface area contributed by atoms with E-state index in [1.807, 2.05) is 0 Å². The van der Waals surface area contributed by atoms with Crippen molar-refractivity contribution in [1.82, 2.24) is 4.90 Å². The molecule has 4 rings (SSSR count). The molecule has 0 N–H and O–H groups in total. The first-order chi connectivity index (χ1) is 12.6. The lowest BCUT2D eigenvalue weighted by Gasteiger charge is -2.41. The van der Waals surface area contributed by atoms with Gasteiger partial charge in [-0.2, -0.15) is 0 Å². The molecule has 1 atom stereocenters. The van der Waals surface area contributed by atoms with Gasteiger partial charge in [-0.25, -0.2) is 0 Å². The maximum absolute atomic E-state index is 13.1. The smallest absolute Gasteiger partial charge is 0.147 e. The van der Waals surface area contributed by atoms with Crippen molar-refractivity contribution in [2.24, 2.45) is 5.92 Å². The third-order valence-electron chi connectivity index (χ3n) is 6.12. The van der Waals surface area contributed by atoms with Crippen molar-refractivity contribution in [3.05, 3.63) is 65.7 Å². The van der Waals surface area contributed by atoms with E-state index in [9.17, 15) is 4.79 Å². The summed E-state index contributed by atoms with van der Waals surface area (Å²) in [5, 5.41) is 0. The van der Waals surface area contributed by atoms with Crippen LogP contribution in [0, 0.1) is 5.92 Å². The minimum Gasteiger partial charge on any atom is -0.369 e. The lowest BCUT2D eigenvalue weighted by molar-refractivity contribution is -0.129. The number of rotatable bonds is 3. The number of hydrogen-bond donors (Lipinski definition) is 0. The number of ketones is 1. The second-order valence-corrected chi connectivity index (χ2v) is 8.17. The molecule has 3 heteroatoms. The van der Waals surface area contributed by atoms with Gasteiger partial charge in [0.2, 0.25) is 0 Å². The van der Waals surface area contributed by atoms with Crippen molar-refractivity contribution in [1.29, 1.82) is 0 Å². The Balaban J connectivity index is 1.42. The molecule has 0 amide bonds. The molecule has 1 unspecified atom stereocenters. The molecule has 2 aromatic rings. The second-order valence-electron chi connectivity index (χ2n) is 8.17. The average Bonchev–Trinajstić information content (AvgIpc) is 2.67. The van der Waals surface area contributed by atoms with Gasteiger partial charge in [0.25, 0.3) is 0 Å². The number of benzene rings is 2. The Kier molecular flexibility index (Phi) is 4.58. The van der Waals surface area contributed by atoms with Gasteiger partial charge in [0.1, 0.15) is 5.78 Å². The topological polar surface area (TPSA) is 23.6 Å². The standard InChI is InChI=1S/C23H28N2O/c1-23(2)21-11-7-6-8-18(21)16-19(22(23)26)17-24-12-14-25(15-13-24)20-9-4-3-5-10-20/h3-11,19H,12-17H2,1-2H3. The van der Waals surface area contributed by atoms with E-state index in [1.165, 1.54) is 16.8 Å². The highest BCUT2D eigenvalue weighted by Crippen LogP contribution is 2.37. The molecule has 1 saturated heterocycles. The Hall–Kier alpha value is -2.13. The normalized spacial score (nSPS) is 22.9. The van der Waals surface area contributed by atoms with Gasteiger partial charge in [-0.3, -0.25) is 9.69 Å². The molecule has 1 aliphatic heterocycles. The van der Waals surface area contributed by atoms with Crippen LogP contribution in [0.5, 0.6) is 0 Å². The number of Topliss-reactive ketones (excluding diaryl/α,β-unsaturated/α-hetero) is 1. The number of piperazine rings is 1. The molecule has 3 nitrogen and oxygen atoms in total. The van der Waals surface area contributed by atoms with Gasteiger partial charge in [-0.15, -0.1) is 0 Å². The predicted octanol–water partition coefficient (Wildman–Crippen LogP) is 3.53. The zero-order valence-electron chi connectivity index (χ0n) is 15.8. The van der Waals surface area contributed by atoms with Crippen LogP contribution >= 0.6 is 0 Å². The lowest BCUT2D eigenvalue weighted by atomic mass is 9.67. The van der Waals surface area contributed by atoms with Crippen molar-refractivity contribution in [3.8, 4) is 0 Å². The Bertz CT molecular complexity index is 776. The summed E-state index contributed by atoms with van der Waals surface area (Å²) in [5.41, 5.74) is 3.50. The van der Waals surface area contributed by atoms with Gasteiger partial charge < -0.3 is 4.90 Å². The van der Waals surface area contributed by atoms with E-state index in [4.69, 9.17) is 0 Å². The molecular weight excluding hydrogens is 320 g/mol. The van der Waals surface area contributed by atoms with Crippen molar-refractivity contribution in [2.75, 3.05) is 37.6 Å². The fourth-order valence-corrected chi connectivity index (χ4v) is 4.60. The molecule has 1 heterocycles. The van der Waals surface area contributed by atoms with E-state index in [2.05, 4.69) is 78.2 Å². The first-order valence-electron chi connectivity index (χ1n) is 9.71. The third kappa shape index (κ3) is 3.16. The van der Waals surface area contributed by atoms with Crippen LogP contribution in [0.2, 0.25) is 0 Å². The maximum atomic E-state index is 13.1. The molecular formula is C23H28N2O. The monoisotopic (exact) mass is 348 g/mol. The number of carbonyl (C=O) groups is 1. The van der Waals surface area contributed by atoms with E-state index >= 15 is 0 Å². The van der Waals surface area contributed by atoms with Crippen molar-refractivity contribution in [2.45, 2.75) is 25.7 Å². The number of hydrogen-bond acceptors (Lipinski definition) is 3. The summed E-state index contributed by atoms with van der Waals surface area (Å²) in [6.45, 7) is 9.19. The number of para-hydroxylation sites is 1. The summed E-state index contributed by atoms with van der Waals surface area (Å²) < 4.78 is 0. The Morgan fingerprint density at radius 3 is 2.31 bits per heavy atom. The zero-order valence-corrected chi connectivity index (χ0v) is 15.8. The number of anilines is 1. The predicted molar refractivity (Wildman–Crippen MR) is 107 cm³/mol. The van der Waals surface area contributed by atoms with E-state index < -0.39 is 0 Å². The first-order valence-corrected chi connectivity index (χ1v) is 9.71. The summed E-state index contributed by atoms with van der Waals surface area (Å²) in [6.07, 6.45) is 0.886. The fraction of sp³-hybridized carbons (Fsp3) is 0.435. The molecule has 0 bridgehead atoms. The average molecular weight is 348 g/mol. The number of nitrogens with zero attached hydrogens (tertiary/aromatic N) is 2. The molecule has 0 saturated carbocycles. The Morgan fingerprint density at radius 1 is 0.923 bits per heavy atom. The number of carbonyl (C=O) groups excluding carboxylic acids is 1. The van der Waals surface area contributed by atoms with Crippen LogP contribution in [0.15, 0.2) is 54.6 Å². The van der Waals surface area contributed by atoms with Crippen LogP contribution in [0.1, 0.15) is 25.0 Å². The maximum Gasteiger partial charge on any atom is 0.147 e. The highest BCUT2D eigenvalue weighted by Gasteiger charge is 2.41. The van der Waals surface area contributed by atoms with Gasteiger partial charge in [0.15, 0.2) is 0 Å². The van der Waals surface area contributed by atoms with Gasteiger partial charge >= 0.3 is 0 Å². The quantitative estimate of drug-likeness (QED) is 0.848. The summed E-state index contributed by atoms with van der Waals surface area (Å²) in [6, 6.07) is 19.1. The van der Waals surface area contributed by atoms with E-state index in [1.54, 1.807) is 0 Å². The molecule has 0 aromatic heterocycles. The Labute approximate surface area is 156 Å². The van der Waals surface area contributed by atoms with Crippen molar-refractivity contribution < 1.29 is 4.79 Å². The van der Waals surface area contributed by atoms with Gasteiger partial charge in [0.05, 0.1) is 0 Å². The molecule has 0 spiro atoms. The molecule has 136 valence electrons. The molecule has 2 aromatic carbocycles. The van der Waals surface area contributed by atoms with Crippen LogP contribution in [-0.4, -0.2) is 43.4 Å². The third-order valence-corrected chi connectivity index (χ3v) is 6.12. The summed E-state index contributed by atoms with van der Waals surface area (Å²) >= 11 is 0. The van der Waals surface area contributed by atoms with Crippen molar-refractivity contribution in [3.63, 3.8) is 0 Å². The SMILES string of the molecule is CC1(C)C(=O)C(CN2CCN(c3ccccc3)CC2)Cc2ccccc21. The minimum atomic E-state index is -0.370. The van der Waals surface area contributed by atoms with Gasteiger partial charge in [-0.1, -0.05) is 42.5 Å². The van der Waals surface area contributed by atoms with Crippen LogP contribution < -0.4 is 4.90 Å². The van der Waals surface area contributed by atoms with Crippen LogP contribution in [0.25, 0.3) is 0 Å². The molecule has 1 aliphatic carbocycles. The zero-order chi connectivity index (χ0) is 18.1. The van der Waals surface area contributed by atoms with Crippen LogP contribution in [-0.2, 0) is 16.6 Å². The highest BCUT2D eigenvalue weighted by molar-refractivity contribution is 5.93.